The van der Waals surface area contributed by atoms with Gasteiger partial charge in [-0.05, 0) is 138 Å². The van der Waals surface area contributed by atoms with Crippen molar-refractivity contribution in [2.45, 2.75) is 89.6 Å². The van der Waals surface area contributed by atoms with E-state index >= 15 is 0 Å². The minimum Gasteiger partial charge on any atom is -0.494 e. The molecule has 2 heterocycles. The van der Waals surface area contributed by atoms with Crippen molar-refractivity contribution in [1.82, 2.24) is 0 Å². The molecule has 2 atom stereocenters. The number of halogens is 1. The molecule has 3 aromatic carbocycles. The Morgan fingerprint density at radius 1 is 0.636 bits per heavy atom. The number of benzene rings is 3. The molecular weight excluding hydrogens is 663 g/mol. The van der Waals surface area contributed by atoms with Crippen molar-refractivity contribution in [3.63, 3.8) is 0 Å². The Hall–Kier alpha value is -2.55. The van der Waals surface area contributed by atoms with E-state index in [1.165, 1.54) is 50.7 Å². The Bertz CT molecular complexity index is 1350. The van der Waals surface area contributed by atoms with Crippen molar-refractivity contribution < 1.29 is 23.7 Å². The van der Waals surface area contributed by atoms with Crippen molar-refractivity contribution in [2.24, 2.45) is 0 Å². The highest BCUT2D eigenvalue weighted by atomic mass is 127. The van der Waals surface area contributed by atoms with Crippen LogP contribution in [0.3, 0.4) is 0 Å². The number of allylic oxidation sites excluding steroid dienone is 1. The lowest BCUT2D eigenvalue weighted by Gasteiger charge is -2.24. The molecule has 0 N–H and O–H groups in total. The molecule has 2 unspecified atom stereocenters. The second-order valence-electron chi connectivity index (χ2n) is 12.0. The van der Waals surface area contributed by atoms with Crippen molar-refractivity contribution in [3.8, 4) is 17.2 Å². The van der Waals surface area contributed by atoms with E-state index in [0.717, 1.165) is 101 Å². The van der Waals surface area contributed by atoms with Crippen LogP contribution in [0.2, 0.25) is 0 Å². The third kappa shape index (κ3) is 8.38. The summed E-state index contributed by atoms with van der Waals surface area (Å²) in [5, 5.41) is 0. The molecule has 0 radical (unpaired) electrons. The number of hydrogen-bond acceptors (Lipinski definition) is 5. The fourth-order valence-electron chi connectivity index (χ4n) is 6.38. The number of rotatable bonds is 12. The van der Waals surface area contributed by atoms with E-state index in [-0.39, 0.29) is 12.6 Å². The molecule has 3 aromatic rings. The highest BCUT2D eigenvalue weighted by Gasteiger charge is 2.23. The zero-order chi connectivity index (χ0) is 30.0. The molecule has 1 aliphatic carbocycles. The van der Waals surface area contributed by atoms with Crippen LogP contribution in [0.5, 0.6) is 17.2 Å². The van der Waals surface area contributed by atoms with Crippen LogP contribution in [0.15, 0.2) is 66.7 Å². The van der Waals surface area contributed by atoms with Gasteiger partial charge in [-0.2, -0.15) is 0 Å². The van der Waals surface area contributed by atoms with Gasteiger partial charge < -0.3 is 23.7 Å². The number of unbranched alkanes of at least 4 members (excludes halogenated alkanes) is 2. The maximum atomic E-state index is 6.29. The van der Waals surface area contributed by atoms with Gasteiger partial charge >= 0.3 is 0 Å². The first-order valence-electron chi connectivity index (χ1n) is 16.6. The van der Waals surface area contributed by atoms with Crippen LogP contribution in [-0.2, 0) is 15.9 Å². The lowest BCUT2D eigenvalue weighted by Crippen LogP contribution is -2.25. The van der Waals surface area contributed by atoms with Gasteiger partial charge in [-0.3, -0.25) is 0 Å². The third-order valence-electron chi connectivity index (χ3n) is 8.72. The van der Waals surface area contributed by atoms with Gasteiger partial charge in [0.15, 0.2) is 12.6 Å². The van der Waals surface area contributed by atoms with E-state index in [1.807, 2.05) is 0 Å². The van der Waals surface area contributed by atoms with Gasteiger partial charge in [0.2, 0.25) is 0 Å². The second kappa shape index (κ2) is 16.1. The molecule has 234 valence electrons. The van der Waals surface area contributed by atoms with Crippen LogP contribution in [0.25, 0.3) is 11.1 Å². The summed E-state index contributed by atoms with van der Waals surface area (Å²) in [7, 11) is 0. The molecular formula is C38H45IO5. The Balaban J connectivity index is 1.29. The zero-order valence-electron chi connectivity index (χ0n) is 25.7. The fraction of sp³-hybridized carbons (Fsp3) is 0.474. The summed E-state index contributed by atoms with van der Waals surface area (Å²) < 4.78 is 31.4. The molecule has 0 aromatic heterocycles. The van der Waals surface area contributed by atoms with Gasteiger partial charge in [0.05, 0.1) is 19.8 Å². The summed E-state index contributed by atoms with van der Waals surface area (Å²) in [5.41, 5.74) is 7.69. The molecule has 0 spiro atoms. The molecule has 0 bridgehead atoms. The minimum atomic E-state index is -0.146. The fourth-order valence-corrected chi connectivity index (χ4v) is 6.92. The van der Waals surface area contributed by atoms with E-state index in [4.69, 9.17) is 23.7 Å². The summed E-state index contributed by atoms with van der Waals surface area (Å²) in [4.78, 5) is 0. The first kappa shape index (κ1) is 31.4. The average molecular weight is 709 g/mol. The molecule has 6 rings (SSSR count). The molecule has 0 saturated carbocycles. The SMILES string of the molecule is ICCCCCOc1ccc(C2=C(c3ccc(OC4CCCCO4)cc3)CCCc3cc(OC4CCCCO4)ccc32)cc1. The van der Waals surface area contributed by atoms with Crippen LogP contribution in [0.4, 0.5) is 0 Å². The number of fused-ring (bicyclic) bond motifs is 1. The van der Waals surface area contributed by atoms with E-state index in [2.05, 4.69) is 89.3 Å². The summed E-state index contributed by atoms with van der Waals surface area (Å²) in [6, 6.07) is 23.9. The number of alkyl halides is 1. The zero-order valence-corrected chi connectivity index (χ0v) is 27.9. The quantitative estimate of drug-likeness (QED) is 0.107. The lowest BCUT2D eigenvalue weighted by atomic mass is 9.88. The predicted octanol–water partition coefficient (Wildman–Crippen LogP) is 9.78. The first-order valence-corrected chi connectivity index (χ1v) is 18.1. The summed E-state index contributed by atoms with van der Waals surface area (Å²) in [6.07, 6.45) is 12.8. The van der Waals surface area contributed by atoms with Crippen molar-refractivity contribution in [2.75, 3.05) is 24.2 Å². The predicted molar refractivity (Wildman–Crippen MR) is 185 cm³/mol. The van der Waals surface area contributed by atoms with Crippen molar-refractivity contribution >= 4 is 33.7 Å². The maximum Gasteiger partial charge on any atom is 0.199 e. The van der Waals surface area contributed by atoms with E-state index < -0.39 is 0 Å². The molecule has 2 saturated heterocycles. The van der Waals surface area contributed by atoms with Crippen LogP contribution in [-0.4, -0.2) is 36.8 Å². The number of aryl methyl sites for hydroxylation is 1. The smallest absolute Gasteiger partial charge is 0.199 e. The molecule has 44 heavy (non-hydrogen) atoms. The summed E-state index contributed by atoms with van der Waals surface area (Å²) >= 11 is 2.44. The second-order valence-corrected chi connectivity index (χ2v) is 13.1. The van der Waals surface area contributed by atoms with Gasteiger partial charge in [0.25, 0.3) is 0 Å². The van der Waals surface area contributed by atoms with Crippen LogP contribution >= 0.6 is 22.6 Å². The van der Waals surface area contributed by atoms with Gasteiger partial charge in [-0.1, -0.05) is 52.9 Å². The average Bonchev–Trinajstić information content (AvgIpc) is 3.26. The lowest BCUT2D eigenvalue weighted by molar-refractivity contribution is -0.106. The van der Waals surface area contributed by atoms with E-state index in [0.29, 0.717) is 0 Å². The van der Waals surface area contributed by atoms with Crippen LogP contribution < -0.4 is 14.2 Å². The summed E-state index contributed by atoms with van der Waals surface area (Å²) in [5.74, 6) is 2.70. The molecule has 2 fully saturated rings. The Morgan fingerprint density at radius 3 is 1.98 bits per heavy atom. The normalized spacial score (nSPS) is 20.5. The highest BCUT2D eigenvalue weighted by Crippen LogP contribution is 2.42. The highest BCUT2D eigenvalue weighted by molar-refractivity contribution is 14.1. The topological polar surface area (TPSA) is 46.2 Å². The van der Waals surface area contributed by atoms with Gasteiger partial charge in [-0.15, -0.1) is 0 Å². The van der Waals surface area contributed by atoms with Crippen LogP contribution in [0, 0.1) is 0 Å². The minimum absolute atomic E-state index is 0.142. The Labute approximate surface area is 276 Å². The molecule has 3 aliphatic rings. The van der Waals surface area contributed by atoms with E-state index in [9.17, 15) is 0 Å². The standard InChI is InChI=1S/C38H45IO5/c39-23-4-1-5-24-40-31-17-15-29(16-18-31)38-34(28-13-19-32(20-14-28)43-36-11-2-6-25-41-36)10-8-9-30-27-33(21-22-35(30)38)44-37-12-3-7-26-42-37/h13-22,27,36-37H,1-12,23-26H2. The van der Waals surface area contributed by atoms with Crippen LogP contribution in [0.1, 0.15) is 92.9 Å². The third-order valence-corrected chi connectivity index (χ3v) is 9.49. The van der Waals surface area contributed by atoms with Gasteiger partial charge in [-0.25, -0.2) is 0 Å². The maximum absolute atomic E-state index is 6.29. The monoisotopic (exact) mass is 708 g/mol. The number of ether oxygens (including phenoxy) is 5. The van der Waals surface area contributed by atoms with Gasteiger partial charge in [0, 0.05) is 12.8 Å². The van der Waals surface area contributed by atoms with Crippen molar-refractivity contribution in [1.29, 1.82) is 0 Å². The van der Waals surface area contributed by atoms with Crippen molar-refractivity contribution in [3.05, 3.63) is 89.0 Å². The molecule has 5 nitrogen and oxygen atoms in total. The summed E-state index contributed by atoms with van der Waals surface area (Å²) in [6.45, 7) is 2.32. The molecule has 6 heteroatoms. The molecule has 2 aliphatic heterocycles. The first-order chi connectivity index (χ1) is 21.8. The number of hydrogen-bond donors (Lipinski definition) is 0. The Kier molecular flexibility index (Phi) is 11.5. The Morgan fingerprint density at radius 2 is 1.30 bits per heavy atom. The van der Waals surface area contributed by atoms with Gasteiger partial charge in [0.1, 0.15) is 17.2 Å². The van der Waals surface area contributed by atoms with E-state index in [1.54, 1.807) is 0 Å². The largest absolute Gasteiger partial charge is 0.494 e. The molecule has 0 amide bonds.